The lowest BCUT2D eigenvalue weighted by Crippen LogP contribution is -2.19. The molecule has 0 saturated carbocycles. The van der Waals surface area contributed by atoms with Gasteiger partial charge in [-0.25, -0.2) is 0 Å². The second-order valence-electron chi connectivity index (χ2n) is 9.01. The molecule has 4 nitrogen and oxygen atoms in total. The highest BCUT2D eigenvalue weighted by Crippen LogP contribution is 2.17. The summed E-state index contributed by atoms with van der Waals surface area (Å²) in [4.78, 5) is 24.2. The van der Waals surface area contributed by atoms with Crippen LogP contribution in [0.2, 0.25) is 0 Å². The smallest absolute Gasteiger partial charge is 0.306 e. The van der Waals surface area contributed by atoms with E-state index < -0.39 is 0 Å². The Bertz CT molecular complexity index is 394. The third-order valence-electron chi connectivity index (χ3n) is 5.85. The number of carbonyl (C=O) groups excluding carboxylic acids is 2. The van der Waals surface area contributed by atoms with Crippen molar-refractivity contribution in [2.45, 2.75) is 155 Å². The molecule has 0 aromatic heterocycles. The summed E-state index contributed by atoms with van der Waals surface area (Å²) in [6.45, 7) is 7.12. The van der Waals surface area contributed by atoms with Crippen molar-refractivity contribution in [1.82, 2.24) is 0 Å². The van der Waals surface area contributed by atoms with E-state index >= 15 is 0 Å². The molecule has 0 rings (SSSR count). The van der Waals surface area contributed by atoms with Gasteiger partial charge in [-0.05, 0) is 32.1 Å². The molecule has 184 valence electrons. The van der Waals surface area contributed by atoms with Crippen LogP contribution in [-0.4, -0.2) is 24.6 Å². The number of rotatable bonds is 23. The first kappa shape index (κ1) is 29.9. The van der Waals surface area contributed by atoms with Crippen LogP contribution in [0.3, 0.4) is 0 Å². The monoisotopic (exact) mass is 440 g/mol. The van der Waals surface area contributed by atoms with E-state index in [1.807, 2.05) is 0 Å². The molecule has 0 N–H and O–H groups in total. The average molecular weight is 441 g/mol. The maximum absolute atomic E-state index is 12.3. The van der Waals surface area contributed by atoms with Gasteiger partial charge in [-0.1, -0.05) is 104 Å². The molecule has 0 aliphatic carbocycles. The van der Waals surface area contributed by atoms with Gasteiger partial charge in [0.05, 0.1) is 19.4 Å². The van der Waals surface area contributed by atoms with Gasteiger partial charge >= 0.3 is 11.9 Å². The van der Waals surface area contributed by atoms with Crippen molar-refractivity contribution < 1.29 is 19.1 Å². The molecule has 0 unspecified atom stereocenters. The Hall–Kier alpha value is -1.06. The van der Waals surface area contributed by atoms with E-state index in [9.17, 15) is 9.59 Å². The number of hydrogen-bond acceptors (Lipinski definition) is 4. The number of carbonyl (C=O) groups is 2. The van der Waals surface area contributed by atoms with Crippen LogP contribution in [0.15, 0.2) is 0 Å². The molecule has 0 aliphatic heterocycles. The SMILES string of the molecule is CCCCCCCCOC(=O)CCC(=O)OC(CCCCCCC)CCCCCCC. The summed E-state index contributed by atoms with van der Waals surface area (Å²) in [5, 5.41) is 0. The van der Waals surface area contributed by atoms with Crippen molar-refractivity contribution in [2.75, 3.05) is 6.61 Å². The highest BCUT2D eigenvalue weighted by Gasteiger charge is 2.16. The minimum Gasteiger partial charge on any atom is -0.466 e. The average Bonchev–Trinajstić information content (AvgIpc) is 2.76. The first-order valence-corrected chi connectivity index (χ1v) is 13.5. The quantitative estimate of drug-likeness (QED) is 0.118. The summed E-state index contributed by atoms with van der Waals surface area (Å²) in [5.41, 5.74) is 0. The van der Waals surface area contributed by atoms with E-state index in [-0.39, 0.29) is 30.9 Å². The molecule has 0 atom stereocenters. The third kappa shape index (κ3) is 21.9. The lowest BCUT2D eigenvalue weighted by molar-refractivity contribution is -0.154. The second-order valence-corrected chi connectivity index (χ2v) is 9.01. The van der Waals surface area contributed by atoms with Gasteiger partial charge in [-0.2, -0.15) is 0 Å². The van der Waals surface area contributed by atoms with Crippen LogP contribution in [0.5, 0.6) is 0 Å². The standard InChI is InChI=1S/C27H52O4/c1-4-7-10-13-16-19-24-30-26(28)22-23-27(29)31-25(20-17-14-11-8-5-2)21-18-15-12-9-6-3/h25H,4-24H2,1-3H3. The van der Waals surface area contributed by atoms with Gasteiger partial charge in [0.25, 0.3) is 0 Å². The second kappa shape index (κ2) is 23.6. The number of unbranched alkanes of at least 4 members (excludes halogenated alkanes) is 13. The highest BCUT2D eigenvalue weighted by atomic mass is 16.5. The van der Waals surface area contributed by atoms with Crippen molar-refractivity contribution >= 4 is 11.9 Å². The minimum atomic E-state index is -0.277. The molecule has 0 fully saturated rings. The van der Waals surface area contributed by atoms with Crippen LogP contribution in [0.25, 0.3) is 0 Å². The van der Waals surface area contributed by atoms with Crippen LogP contribution >= 0.6 is 0 Å². The number of ether oxygens (including phenoxy) is 2. The first-order chi connectivity index (χ1) is 15.1. The van der Waals surface area contributed by atoms with E-state index in [2.05, 4.69) is 20.8 Å². The minimum absolute atomic E-state index is 0.00916. The molecule has 0 heterocycles. The van der Waals surface area contributed by atoms with Crippen LogP contribution in [0.4, 0.5) is 0 Å². The molecule has 0 radical (unpaired) electrons. The zero-order chi connectivity index (χ0) is 23.0. The fraction of sp³-hybridized carbons (Fsp3) is 0.926. The molecule has 0 saturated heterocycles. The normalized spacial score (nSPS) is 11.1. The Labute approximate surface area is 193 Å². The van der Waals surface area contributed by atoms with Gasteiger partial charge in [-0.3, -0.25) is 9.59 Å². The van der Waals surface area contributed by atoms with Gasteiger partial charge < -0.3 is 9.47 Å². The molecule has 0 aliphatic rings. The maximum Gasteiger partial charge on any atom is 0.306 e. The van der Waals surface area contributed by atoms with E-state index in [0.29, 0.717) is 6.61 Å². The molecular weight excluding hydrogens is 388 g/mol. The summed E-state index contributed by atoms with van der Waals surface area (Å²) in [5.74, 6) is -0.523. The summed E-state index contributed by atoms with van der Waals surface area (Å²) >= 11 is 0. The lowest BCUT2D eigenvalue weighted by Gasteiger charge is -2.18. The third-order valence-corrected chi connectivity index (χ3v) is 5.85. The fourth-order valence-corrected chi connectivity index (χ4v) is 3.80. The van der Waals surface area contributed by atoms with Gasteiger partial charge in [0.2, 0.25) is 0 Å². The molecular formula is C27H52O4. The Morgan fingerprint density at radius 2 is 0.968 bits per heavy atom. The topological polar surface area (TPSA) is 52.6 Å². The zero-order valence-corrected chi connectivity index (χ0v) is 21.1. The van der Waals surface area contributed by atoms with E-state index in [4.69, 9.17) is 9.47 Å². The molecule has 0 bridgehead atoms. The summed E-state index contributed by atoms with van der Waals surface area (Å²) in [6, 6.07) is 0. The Balaban J connectivity index is 4.03. The van der Waals surface area contributed by atoms with Gasteiger partial charge in [0.15, 0.2) is 0 Å². The Kier molecular flexibility index (Phi) is 22.8. The van der Waals surface area contributed by atoms with Crippen LogP contribution in [0.1, 0.15) is 149 Å². The predicted octanol–water partition coefficient (Wildman–Crippen LogP) is 8.30. The molecule has 0 aromatic rings. The van der Waals surface area contributed by atoms with Crippen molar-refractivity contribution in [3.63, 3.8) is 0 Å². The van der Waals surface area contributed by atoms with E-state index in [0.717, 1.165) is 38.5 Å². The summed E-state index contributed by atoms with van der Waals surface area (Å²) in [6.07, 6.45) is 21.4. The number of hydrogen-bond donors (Lipinski definition) is 0. The zero-order valence-electron chi connectivity index (χ0n) is 21.1. The van der Waals surface area contributed by atoms with Crippen LogP contribution in [0, 0.1) is 0 Å². The first-order valence-electron chi connectivity index (χ1n) is 13.5. The van der Waals surface area contributed by atoms with E-state index in [1.165, 1.54) is 77.0 Å². The van der Waals surface area contributed by atoms with Crippen molar-refractivity contribution in [2.24, 2.45) is 0 Å². The van der Waals surface area contributed by atoms with E-state index in [1.54, 1.807) is 0 Å². The lowest BCUT2D eigenvalue weighted by atomic mass is 10.0. The molecule has 0 spiro atoms. The van der Waals surface area contributed by atoms with Crippen molar-refractivity contribution in [1.29, 1.82) is 0 Å². The van der Waals surface area contributed by atoms with Gasteiger partial charge in [0.1, 0.15) is 6.10 Å². The van der Waals surface area contributed by atoms with Gasteiger partial charge in [0, 0.05) is 0 Å². The maximum atomic E-state index is 12.3. The molecule has 31 heavy (non-hydrogen) atoms. The Morgan fingerprint density at radius 3 is 1.48 bits per heavy atom. The number of esters is 2. The molecule has 0 aromatic carbocycles. The Morgan fingerprint density at radius 1 is 0.548 bits per heavy atom. The van der Waals surface area contributed by atoms with Gasteiger partial charge in [-0.15, -0.1) is 0 Å². The molecule has 4 heteroatoms. The van der Waals surface area contributed by atoms with Crippen LogP contribution in [-0.2, 0) is 19.1 Å². The van der Waals surface area contributed by atoms with Crippen molar-refractivity contribution in [3.8, 4) is 0 Å². The van der Waals surface area contributed by atoms with Crippen molar-refractivity contribution in [3.05, 3.63) is 0 Å². The molecule has 0 amide bonds. The largest absolute Gasteiger partial charge is 0.466 e. The fourth-order valence-electron chi connectivity index (χ4n) is 3.80. The summed E-state index contributed by atoms with van der Waals surface area (Å²) < 4.78 is 11.0. The van der Waals surface area contributed by atoms with Crippen LogP contribution < -0.4 is 0 Å². The predicted molar refractivity (Wildman–Crippen MR) is 130 cm³/mol. The highest BCUT2D eigenvalue weighted by molar-refractivity contribution is 5.77. The summed E-state index contributed by atoms with van der Waals surface area (Å²) in [7, 11) is 0.